The number of hydrogen-bond acceptors (Lipinski definition) is 7. The first-order valence-electron chi connectivity index (χ1n) is 11.5. The quantitative estimate of drug-likeness (QED) is 0.224. The molecule has 3 amide bonds. The molecule has 0 aromatic heterocycles. The smallest absolute Gasteiger partial charge is 0.411 e. The van der Waals surface area contributed by atoms with Gasteiger partial charge in [-0.3, -0.25) is 20.1 Å². The molecule has 0 saturated heterocycles. The van der Waals surface area contributed by atoms with Crippen LogP contribution < -0.4 is 10.2 Å². The number of benzene rings is 2. The van der Waals surface area contributed by atoms with Crippen molar-refractivity contribution >= 4 is 35.3 Å². The molecule has 2 aromatic carbocycles. The molecule has 37 heavy (non-hydrogen) atoms. The monoisotopic (exact) mass is 512 g/mol. The molecule has 0 bridgehead atoms. The van der Waals surface area contributed by atoms with Crippen molar-refractivity contribution in [1.29, 1.82) is 0 Å². The summed E-state index contributed by atoms with van der Waals surface area (Å²) in [6, 6.07) is 14.6. The van der Waals surface area contributed by atoms with E-state index in [1.807, 2.05) is 43.3 Å². The van der Waals surface area contributed by atoms with Gasteiger partial charge in [-0.25, -0.2) is 14.7 Å². The van der Waals surface area contributed by atoms with Crippen molar-refractivity contribution in [3.05, 3.63) is 71.8 Å². The third-order valence-corrected chi connectivity index (χ3v) is 5.26. The van der Waals surface area contributed by atoms with Crippen LogP contribution >= 0.6 is 0 Å². The number of hydroxylamine groups is 2. The van der Waals surface area contributed by atoms with Crippen molar-refractivity contribution in [2.45, 2.75) is 26.5 Å². The third-order valence-electron chi connectivity index (χ3n) is 5.26. The number of carbonyl (C=O) groups is 4. The molecule has 0 aliphatic heterocycles. The Morgan fingerprint density at radius 1 is 0.919 bits per heavy atom. The molecule has 11 heteroatoms. The molecular formula is C26H32N4O7. The number of nitrogens with zero attached hydrogens (tertiary/aromatic N) is 3. The van der Waals surface area contributed by atoms with Crippen molar-refractivity contribution < 1.29 is 34.2 Å². The maximum atomic E-state index is 12.1. The molecule has 198 valence electrons. The van der Waals surface area contributed by atoms with Crippen LogP contribution in [-0.2, 0) is 32.3 Å². The molecule has 0 fully saturated rings. The van der Waals surface area contributed by atoms with Gasteiger partial charge in [-0.05, 0) is 41.8 Å². The van der Waals surface area contributed by atoms with E-state index in [1.54, 1.807) is 29.2 Å². The minimum Gasteiger partial charge on any atom is -0.478 e. The van der Waals surface area contributed by atoms with E-state index in [2.05, 4.69) is 5.32 Å². The molecular weight excluding hydrogens is 480 g/mol. The molecule has 0 spiro atoms. The van der Waals surface area contributed by atoms with Gasteiger partial charge in [0.1, 0.15) is 6.61 Å². The minimum absolute atomic E-state index is 0.0648. The van der Waals surface area contributed by atoms with E-state index in [0.717, 1.165) is 22.9 Å². The number of carboxylic acid groups (broad SMARTS) is 1. The van der Waals surface area contributed by atoms with E-state index in [1.165, 1.54) is 6.92 Å². The van der Waals surface area contributed by atoms with Crippen LogP contribution in [0.15, 0.2) is 60.7 Å². The lowest BCUT2D eigenvalue weighted by Gasteiger charge is -2.22. The van der Waals surface area contributed by atoms with Crippen molar-refractivity contribution in [2.75, 3.05) is 37.4 Å². The highest BCUT2D eigenvalue weighted by molar-refractivity contribution is 5.93. The first kappa shape index (κ1) is 28.9. The Hall–Kier alpha value is -4.38. The lowest BCUT2D eigenvalue weighted by atomic mass is 10.1. The van der Waals surface area contributed by atoms with E-state index in [-0.39, 0.29) is 25.6 Å². The largest absolute Gasteiger partial charge is 0.478 e. The predicted molar refractivity (Wildman–Crippen MR) is 137 cm³/mol. The highest BCUT2D eigenvalue weighted by Gasteiger charge is 2.13. The highest BCUT2D eigenvalue weighted by atomic mass is 16.5. The van der Waals surface area contributed by atoms with Gasteiger partial charge in [-0.1, -0.05) is 24.3 Å². The molecule has 0 radical (unpaired) electrons. The zero-order chi connectivity index (χ0) is 27.4. The van der Waals surface area contributed by atoms with Crippen molar-refractivity contribution in [3.8, 4) is 0 Å². The minimum atomic E-state index is -1.30. The molecule has 0 aliphatic carbocycles. The number of amides is 3. The number of carbonyl (C=O) groups excluding carboxylic acids is 3. The number of aliphatic carboxylic acids is 1. The lowest BCUT2D eigenvalue weighted by molar-refractivity contribution is -0.159. The SMILES string of the molecule is CC(=O)N(CCCN(O)C(=O)C=CC(=O)O)Cc1ccc(COC(=O)Nc2ccc(N(C)C)cc2)cc1. The van der Waals surface area contributed by atoms with E-state index >= 15 is 0 Å². The number of hydrogen-bond donors (Lipinski definition) is 3. The standard InChI is InChI=1S/C26H32N4O7/c1-19(31)29(15-4-16-30(36)24(32)13-14-25(33)34)17-20-5-7-21(8-6-20)18-37-26(35)27-22-9-11-23(12-10-22)28(2)3/h5-14,36H,4,15-18H2,1-3H3,(H,27,35)(H,33,34). The maximum Gasteiger partial charge on any atom is 0.411 e. The van der Waals surface area contributed by atoms with Gasteiger partial charge in [-0.15, -0.1) is 0 Å². The zero-order valence-corrected chi connectivity index (χ0v) is 21.1. The summed E-state index contributed by atoms with van der Waals surface area (Å²) >= 11 is 0. The summed E-state index contributed by atoms with van der Waals surface area (Å²) in [4.78, 5) is 49.7. The van der Waals surface area contributed by atoms with Crippen LogP contribution in [0, 0.1) is 0 Å². The molecule has 11 nitrogen and oxygen atoms in total. The maximum absolute atomic E-state index is 12.1. The van der Waals surface area contributed by atoms with Gasteiger partial charge in [0.2, 0.25) is 5.91 Å². The Kier molecular flexibility index (Phi) is 11.1. The number of anilines is 2. The van der Waals surface area contributed by atoms with Crippen LogP contribution in [0.1, 0.15) is 24.5 Å². The van der Waals surface area contributed by atoms with Gasteiger partial charge in [-0.2, -0.15) is 0 Å². The summed E-state index contributed by atoms with van der Waals surface area (Å²) in [5.74, 6) is -2.33. The fourth-order valence-electron chi connectivity index (χ4n) is 3.20. The van der Waals surface area contributed by atoms with Crippen LogP contribution in [0.4, 0.5) is 16.2 Å². The van der Waals surface area contributed by atoms with E-state index in [4.69, 9.17) is 9.84 Å². The average molecular weight is 513 g/mol. The predicted octanol–water partition coefficient (Wildman–Crippen LogP) is 3.10. The summed E-state index contributed by atoms with van der Waals surface area (Å²) < 4.78 is 5.28. The Morgan fingerprint density at radius 2 is 1.54 bits per heavy atom. The summed E-state index contributed by atoms with van der Waals surface area (Å²) in [6.45, 7) is 2.03. The average Bonchev–Trinajstić information content (AvgIpc) is 2.86. The van der Waals surface area contributed by atoms with Gasteiger partial charge < -0.3 is 19.6 Å². The molecule has 0 heterocycles. The van der Waals surface area contributed by atoms with Crippen LogP contribution in [-0.4, -0.2) is 71.3 Å². The third kappa shape index (κ3) is 10.4. The molecule has 2 aromatic rings. The van der Waals surface area contributed by atoms with Crippen LogP contribution in [0.3, 0.4) is 0 Å². The van der Waals surface area contributed by atoms with Crippen molar-refractivity contribution in [2.24, 2.45) is 0 Å². The van der Waals surface area contributed by atoms with Crippen molar-refractivity contribution in [1.82, 2.24) is 9.96 Å². The van der Waals surface area contributed by atoms with Gasteiger partial charge in [0.25, 0.3) is 5.91 Å². The Bertz CT molecular complexity index is 1100. The van der Waals surface area contributed by atoms with E-state index in [9.17, 15) is 24.4 Å². The lowest BCUT2D eigenvalue weighted by Crippen LogP contribution is -2.33. The molecule has 0 atom stereocenters. The molecule has 0 aliphatic rings. The zero-order valence-electron chi connectivity index (χ0n) is 21.1. The number of ether oxygens (including phenoxy) is 1. The fraction of sp³-hybridized carbons (Fsp3) is 0.308. The summed E-state index contributed by atoms with van der Waals surface area (Å²) in [7, 11) is 3.86. The summed E-state index contributed by atoms with van der Waals surface area (Å²) in [6.07, 6.45) is 1.11. The first-order chi connectivity index (χ1) is 17.5. The molecule has 3 N–H and O–H groups in total. The Labute approximate surface area is 215 Å². The van der Waals surface area contributed by atoms with Crippen LogP contribution in [0.2, 0.25) is 0 Å². The van der Waals surface area contributed by atoms with Crippen molar-refractivity contribution in [3.63, 3.8) is 0 Å². The van der Waals surface area contributed by atoms with E-state index < -0.39 is 18.0 Å². The van der Waals surface area contributed by atoms with E-state index in [0.29, 0.717) is 29.8 Å². The van der Waals surface area contributed by atoms with Crippen LogP contribution in [0.25, 0.3) is 0 Å². The van der Waals surface area contributed by atoms with Gasteiger partial charge in [0.05, 0.1) is 6.54 Å². The first-order valence-corrected chi connectivity index (χ1v) is 11.5. The number of rotatable bonds is 12. The molecule has 2 rings (SSSR count). The summed E-state index contributed by atoms with van der Waals surface area (Å²) in [5, 5.41) is 21.3. The normalized spacial score (nSPS) is 10.6. The Balaban J connectivity index is 1.80. The summed E-state index contributed by atoms with van der Waals surface area (Å²) in [5.41, 5.74) is 3.27. The fourth-order valence-corrected chi connectivity index (χ4v) is 3.20. The van der Waals surface area contributed by atoms with Gasteiger partial charge in [0.15, 0.2) is 0 Å². The van der Waals surface area contributed by atoms with Crippen LogP contribution in [0.5, 0.6) is 0 Å². The second-order valence-electron chi connectivity index (χ2n) is 8.39. The number of nitrogens with one attached hydrogen (secondary N) is 1. The second-order valence-corrected chi connectivity index (χ2v) is 8.39. The number of carboxylic acids is 1. The van der Waals surface area contributed by atoms with Gasteiger partial charge in [0, 0.05) is 57.6 Å². The topological polar surface area (TPSA) is 140 Å². The highest BCUT2D eigenvalue weighted by Crippen LogP contribution is 2.16. The second kappa shape index (κ2) is 14.2. The van der Waals surface area contributed by atoms with Gasteiger partial charge >= 0.3 is 12.1 Å². The molecule has 0 saturated carbocycles. The molecule has 0 unspecified atom stereocenters. The Morgan fingerprint density at radius 3 is 2.11 bits per heavy atom.